The van der Waals surface area contributed by atoms with E-state index in [0.717, 1.165) is 5.56 Å². The van der Waals surface area contributed by atoms with Gasteiger partial charge in [0.05, 0.1) is 6.54 Å². The fraction of sp³-hybridized carbons (Fsp3) is 0.533. The molecule has 1 fully saturated rings. The van der Waals surface area contributed by atoms with E-state index in [-0.39, 0.29) is 5.78 Å². The molecule has 17 heavy (non-hydrogen) atoms. The van der Waals surface area contributed by atoms with E-state index in [9.17, 15) is 4.79 Å². The van der Waals surface area contributed by atoms with Gasteiger partial charge in [0, 0.05) is 11.6 Å². The summed E-state index contributed by atoms with van der Waals surface area (Å²) in [5.41, 5.74) is 3.26. The predicted molar refractivity (Wildman–Crippen MR) is 70.5 cm³/mol. The molecule has 0 radical (unpaired) electrons. The average molecular weight is 231 g/mol. The van der Waals surface area contributed by atoms with Gasteiger partial charge in [0.2, 0.25) is 0 Å². The molecule has 1 aliphatic carbocycles. The van der Waals surface area contributed by atoms with Gasteiger partial charge in [0.1, 0.15) is 0 Å². The van der Waals surface area contributed by atoms with E-state index in [1.165, 1.54) is 36.8 Å². The fourth-order valence-electron chi connectivity index (χ4n) is 2.38. The van der Waals surface area contributed by atoms with Crippen LogP contribution in [0.5, 0.6) is 0 Å². The summed E-state index contributed by atoms with van der Waals surface area (Å²) in [6.45, 7) is 4.60. The van der Waals surface area contributed by atoms with E-state index in [2.05, 4.69) is 19.2 Å². The van der Waals surface area contributed by atoms with Crippen molar-refractivity contribution >= 4 is 5.78 Å². The molecule has 0 aromatic heterocycles. The minimum atomic E-state index is 0.208. The number of carbonyl (C=O) groups excluding carboxylic acids is 1. The second kappa shape index (κ2) is 5.46. The van der Waals surface area contributed by atoms with E-state index in [1.807, 2.05) is 18.2 Å². The first-order valence-electron chi connectivity index (χ1n) is 6.50. The Bertz CT molecular complexity index is 405. The van der Waals surface area contributed by atoms with Crippen LogP contribution in [0, 0.1) is 13.8 Å². The molecule has 0 aliphatic heterocycles. The van der Waals surface area contributed by atoms with Crippen LogP contribution >= 0.6 is 0 Å². The van der Waals surface area contributed by atoms with Crippen LogP contribution in [0.4, 0.5) is 0 Å². The Morgan fingerprint density at radius 1 is 1.24 bits per heavy atom. The third kappa shape index (κ3) is 3.16. The van der Waals surface area contributed by atoms with Gasteiger partial charge in [0.25, 0.3) is 0 Å². The van der Waals surface area contributed by atoms with Crippen LogP contribution in [0.2, 0.25) is 0 Å². The maximum Gasteiger partial charge on any atom is 0.176 e. The van der Waals surface area contributed by atoms with Crippen molar-refractivity contribution < 1.29 is 4.79 Å². The number of nitrogens with one attached hydrogen (secondary N) is 1. The zero-order chi connectivity index (χ0) is 12.3. The summed E-state index contributed by atoms with van der Waals surface area (Å²) in [5, 5.41) is 3.36. The van der Waals surface area contributed by atoms with Crippen LogP contribution in [0.1, 0.15) is 47.2 Å². The third-order valence-electron chi connectivity index (χ3n) is 3.74. The van der Waals surface area contributed by atoms with Gasteiger partial charge in [-0.15, -0.1) is 0 Å². The predicted octanol–water partition coefficient (Wildman–Crippen LogP) is 3.02. The minimum Gasteiger partial charge on any atom is -0.307 e. The number of aryl methyl sites for hydroxylation is 2. The molecular weight excluding hydrogens is 210 g/mol. The largest absolute Gasteiger partial charge is 0.307 e. The molecular formula is C15H21NO. The molecule has 1 aliphatic rings. The molecule has 0 heterocycles. The Hall–Kier alpha value is -1.15. The number of carbonyl (C=O) groups is 1. The van der Waals surface area contributed by atoms with Crippen molar-refractivity contribution in [2.45, 2.75) is 45.6 Å². The number of Topliss-reactive ketones (excluding diaryl/α,β-unsaturated/α-hetero) is 1. The summed E-state index contributed by atoms with van der Waals surface area (Å²) >= 11 is 0. The Morgan fingerprint density at radius 2 is 1.94 bits per heavy atom. The number of hydrogen-bond donors (Lipinski definition) is 1. The van der Waals surface area contributed by atoms with Gasteiger partial charge in [-0.1, -0.05) is 25.0 Å². The van der Waals surface area contributed by atoms with Gasteiger partial charge >= 0.3 is 0 Å². The molecule has 0 bridgehead atoms. The molecule has 92 valence electrons. The van der Waals surface area contributed by atoms with Crippen LogP contribution in [-0.4, -0.2) is 18.4 Å². The van der Waals surface area contributed by atoms with Gasteiger partial charge in [-0.3, -0.25) is 4.79 Å². The maximum absolute atomic E-state index is 12.0. The lowest BCUT2D eigenvalue weighted by Gasteiger charge is -2.11. The Labute approximate surface area is 103 Å². The summed E-state index contributed by atoms with van der Waals surface area (Å²) in [7, 11) is 0. The van der Waals surface area contributed by atoms with Gasteiger partial charge in [0.15, 0.2) is 5.78 Å². The first-order chi connectivity index (χ1) is 8.16. The molecule has 1 aromatic rings. The van der Waals surface area contributed by atoms with Crippen molar-refractivity contribution in [1.29, 1.82) is 0 Å². The smallest absolute Gasteiger partial charge is 0.176 e. The molecule has 0 atom stereocenters. The van der Waals surface area contributed by atoms with Crippen LogP contribution < -0.4 is 5.32 Å². The molecule has 2 nitrogen and oxygen atoms in total. The molecule has 2 rings (SSSR count). The lowest BCUT2D eigenvalue weighted by atomic mass is 10.0. The van der Waals surface area contributed by atoms with E-state index in [0.29, 0.717) is 12.6 Å². The van der Waals surface area contributed by atoms with E-state index < -0.39 is 0 Å². The SMILES string of the molecule is Cc1ccc(C(=O)CNC2CCCC2)cc1C. The maximum atomic E-state index is 12.0. The topological polar surface area (TPSA) is 29.1 Å². The number of ketones is 1. The molecule has 0 amide bonds. The summed E-state index contributed by atoms with van der Waals surface area (Å²) in [6.07, 6.45) is 5.05. The summed E-state index contributed by atoms with van der Waals surface area (Å²) in [4.78, 5) is 12.0. The first kappa shape index (κ1) is 12.3. The summed E-state index contributed by atoms with van der Waals surface area (Å²) in [5.74, 6) is 0.208. The monoisotopic (exact) mass is 231 g/mol. The van der Waals surface area contributed by atoms with Crippen molar-refractivity contribution in [3.63, 3.8) is 0 Å². The average Bonchev–Trinajstić information content (AvgIpc) is 2.82. The summed E-state index contributed by atoms with van der Waals surface area (Å²) in [6, 6.07) is 6.51. The van der Waals surface area contributed by atoms with Crippen molar-refractivity contribution in [2.24, 2.45) is 0 Å². The molecule has 0 spiro atoms. The fourth-order valence-corrected chi connectivity index (χ4v) is 2.38. The van der Waals surface area contributed by atoms with Crippen molar-refractivity contribution in [2.75, 3.05) is 6.54 Å². The van der Waals surface area contributed by atoms with Crippen LogP contribution in [0.3, 0.4) is 0 Å². The first-order valence-corrected chi connectivity index (χ1v) is 6.50. The standard InChI is InChI=1S/C15H21NO/c1-11-7-8-13(9-12(11)2)15(17)10-16-14-5-3-4-6-14/h7-9,14,16H,3-6,10H2,1-2H3. The van der Waals surface area contributed by atoms with Gasteiger partial charge in [-0.25, -0.2) is 0 Å². The molecule has 0 unspecified atom stereocenters. The number of hydrogen-bond acceptors (Lipinski definition) is 2. The van der Waals surface area contributed by atoms with Gasteiger partial charge < -0.3 is 5.32 Å². The Morgan fingerprint density at radius 3 is 2.59 bits per heavy atom. The lowest BCUT2D eigenvalue weighted by Crippen LogP contribution is -2.31. The zero-order valence-corrected chi connectivity index (χ0v) is 10.8. The second-order valence-electron chi connectivity index (χ2n) is 5.08. The van der Waals surface area contributed by atoms with Crippen LogP contribution in [-0.2, 0) is 0 Å². The molecule has 2 heteroatoms. The number of benzene rings is 1. The van der Waals surface area contributed by atoms with Crippen molar-refractivity contribution in [3.8, 4) is 0 Å². The third-order valence-corrected chi connectivity index (χ3v) is 3.74. The van der Waals surface area contributed by atoms with E-state index >= 15 is 0 Å². The second-order valence-corrected chi connectivity index (χ2v) is 5.08. The molecule has 1 aromatic carbocycles. The van der Waals surface area contributed by atoms with E-state index in [1.54, 1.807) is 0 Å². The highest BCUT2D eigenvalue weighted by Gasteiger charge is 2.15. The molecule has 1 N–H and O–H groups in total. The Kier molecular flexibility index (Phi) is 3.95. The van der Waals surface area contributed by atoms with Crippen LogP contribution in [0.15, 0.2) is 18.2 Å². The quantitative estimate of drug-likeness (QED) is 0.807. The minimum absolute atomic E-state index is 0.208. The normalized spacial score (nSPS) is 16.4. The molecule has 1 saturated carbocycles. The van der Waals surface area contributed by atoms with E-state index in [4.69, 9.17) is 0 Å². The zero-order valence-electron chi connectivity index (χ0n) is 10.8. The van der Waals surface area contributed by atoms with Crippen molar-refractivity contribution in [3.05, 3.63) is 34.9 Å². The lowest BCUT2D eigenvalue weighted by molar-refractivity contribution is 0.0987. The summed E-state index contributed by atoms with van der Waals surface area (Å²) < 4.78 is 0. The highest BCUT2D eigenvalue weighted by Crippen LogP contribution is 2.17. The highest BCUT2D eigenvalue weighted by molar-refractivity contribution is 5.97. The number of rotatable bonds is 4. The van der Waals surface area contributed by atoms with Crippen molar-refractivity contribution in [1.82, 2.24) is 5.32 Å². The molecule has 0 saturated heterocycles. The van der Waals surface area contributed by atoms with Gasteiger partial charge in [-0.05, 0) is 43.9 Å². The Balaban J connectivity index is 1.92. The highest BCUT2D eigenvalue weighted by atomic mass is 16.1. The van der Waals surface area contributed by atoms with Crippen LogP contribution in [0.25, 0.3) is 0 Å². The van der Waals surface area contributed by atoms with Gasteiger partial charge in [-0.2, -0.15) is 0 Å².